The Bertz CT molecular complexity index is 387. The van der Waals surface area contributed by atoms with Gasteiger partial charge in [0.15, 0.2) is 0 Å². The molecule has 0 fully saturated rings. The fraction of sp³-hybridized carbons (Fsp3) is 1.00. The molecule has 0 rings (SSSR count). The zero-order valence-corrected chi connectivity index (χ0v) is 11.1. The third kappa shape index (κ3) is 9.08. The largest absolute Gasteiger partial charge is 0.396 e. The topological polar surface area (TPSA) is 101 Å². The normalized spacial score (nSPS) is 14.9. The smallest absolute Gasteiger partial charge is 0.211 e. The maximum Gasteiger partial charge on any atom is 0.211 e. The van der Waals surface area contributed by atoms with Crippen LogP contribution >= 0.6 is 0 Å². The Morgan fingerprint density at radius 2 is 1.75 bits per heavy atom. The van der Waals surface area contributed by atoms with Gasteiger partial charge in [-0.25, -0.2) is 21.6 Å². The van der Waals surface area contributed by atoms with E-state index in [1.54, 1.807) is 6.92 Å². The van der Waals surface area contributed by atoms with Crippen LogP contribution in [-0.2, 0) is 19.9 Å². The SMILES string of the molecule is CC(CO)CNS(=O)(=O)CCCS(C)(=O)=O. The molecule has 98 valence electrons. The molecule has 0 bridgehead atoms. The summed E-state index contributed by atoms with van der Waals surface area (Å²) in [6.45, 7) is 1.78. The van der Waals surface area contributed by atoms with Gasteiger partial charge in [-0.2, -0.15) is 0 Å². The monoisotopic (exact) mass is 273 g/mol. The van der Waals surface area contributed by atoms with Crippen molar-refractivity contribution in [1.82, 2.24) is 4.72 Å². The maximum absolute atomic E-state index is 11.3. The highest BCUT2D eigenvalue weighted by molar-refractivity contribution is 7.91. The zero-order chi connectivity index (χ0) is 12.8. The van der Waals surface area contributed by atoms with Crippen molar-refractivity contribution >= 4 is 19.9 Å². The van der Waals surface area contributed by atoms with E-state index in [2.05, 4.69) is 4.72 Å². The summed E-state index contributed by atoms with van der Waals surface area (Å²) in [7, 11) is -6.55. The van der Waals surface area contributed by atoms with Gasteiger partial charge in [0.25, 0.3) is 0 Å². The lowest BCUT2D eigenvalue weighted by atomic mass is 10.2. The second-order valence-corrected chi connectivity index (χ2v) is 8.12. The summed E-state index contributed by atoms with van der Waals surface area (Å²) in [5.74, 6) is -0.494. The minimum absolute atomic E-state index is 0.0850. The lowest BCUT2D eigenvalue weighted by Gasteiger charge is -2.09. The maximum atomic E-state index is 11.3. The van der Waals surface area contributed by atoms with E-state index in [1.165, 1.54) is 0 Å². The Morgan fingerprint density at radius 1 is 1.19 bits per heavy atom. The number of nitrogens with one attached hydrogen (secondary N) is 1. The van der Waals surface area contributed by atoms with E-state index in [1.807, 2.05) is 0 Å². The lowest BCUT2D eigenvalue weighted by Crippen LogP contribution is -2.32. The first kappa shape index (κ1) is 15.8. The Kier molecular flexibility index (Phi) is 6.46. The Balaban J connectivity index is 3.98. The van der Waals surface area contributed by atoms with Crippen LogP contribution in [0.25, 0.3) is 0 Å². The molecule has 8 heteroatoms. The van der Waals surface area contributed by atoms with Crippen LogP contribution in [0, 0.1) is 5.92 Å². The molecule has 0 aromatic carbocycles. The predicted molar refractivity (Wildman–Crippen MR) is 62.4 cm³/mol. The summed E-state index contributed by atoms with van der Waals surface area (Å²) in [5.41, 5.74) is 0. The molecule has 0 heterocycles. The summed E-state index contributed by atoms with van der Waals surface area (Å²) in [4.78, 5) is 0. The van der Waals surface area contributed by atoms with Crippen LogP contribution in [0.2, 0.25) is 0 Å². The van der Waals surface area contributed by atoms with Gasteiger partial charge in [-0.15, -0.1) is 0 Å². The fourth-order valence-electron chi connectivity index (χ4n) is 0.917. The van der Waals surface area contributed by atoms with Crippen molar-refractivity contribution < 1.29 is 21.9 Å². The summed E-state index contributed by atoms with van der Waals surface area (Å²) in [6, 6.07) is 0. The number of hydrogen-bond acceptors (Lipinski definition) is 5. The van der Waals surface area contributed by atoms with Gasteiger partial charge in [0.2, 0.25) is 10.0 Å². The average Bonchev–Trinajstić information content (AvgIpc) is 2.12. The van der Waals surface area contributed by atoms with Gasteiger partial charge in [0.1, 0.15) is 9.84 Å². The standard InChI is InChI=1S/C8H19NO5S2/c1-8(7-10)6-9-16(13,14)5-3-4-15(2,11)12/h8-10H,3-7H2,1-2H3. The van der Waals surface area contributed by atoms with E-state index in [4.69, 9.17) is 5.11 Å². The molecule has 6 nitrogen and oxygen atoms in total. The van der Waals surface area contributed by atoms with Gasteiger partial charge in [-0.3, -0.25) is 0 Å². The molecule has 0 aliphatic rings. The Hall–Kier alpha value is -0.180. The first-order valence-electron chi connectivity index (χ1n) is 4.92. The van der Waals surface area contributed by atoms with E-state index in [0.29, 0.717) is 0 Å². The predicted octanol–water partition coefficient (Wildman–Crippen LogP) is -1.03. The van der Waals surface area contributed by atoms with Crippen molar-refractivity contribution in [2.75, 3.05) is 30.9 Å². The van der Waals surface area contributed by atoms with Crippen molar-refractivity contribution in [3.8, 4) is 0 Å². The molecule has 2 N–H and O–H groups in total. The highest BCUT2D eigenvalue weighted by Crippen LogP contribution is 1.96. The third-order valence-electron chi connectivity index (χ3n) is 1.89. The first-order valence-corrected chi connectivity index (χ1v) is 8.63. The molecule has 0 aliphatic carbocycles. The fourth-order valence-corrected chi connectivity index (χ4v) is 2.98. The number of sulfone groups is 1. The molecule has 0 saturated heterocycles. The van der Waals surface area contributed by atoms with Crippen LogP contribution in [-0.4, -0.2) is 52.9 Å². The summed E-state index contributed by atoms with van der Waals surface area (Å²) in [5, 5.41) is 8.70. The minimum atomic E-state index is -3.43. The van der Waals surface area contributed by atoms with Gasteiger partial charge in [0.05, 0.1) is 11.5 Å². The van der Waals surface area contributed by atoms with Gasteiger partial charge in [0, 0.05) is 19.4 Å². The summed E-state index contributed by atoms with van der Waals surface area (Å²) < 4.78 is 46.6. The number of sulfonamides is 1. The minimum Gasteiger partial charge on any atom is -0.396 e. The molecule has 0 aromatic heterocycles. The average molecular weight is 273 g/mol. The van der Waals surface area contributed by atoms with E-state index in [-0.39, 0.29) is 37.0 Å². The van der Waals surface area contributed by atoms with Gasteiger partial charge in [-0.1, -0.05) is 6.92 Å². The van der Waals surface area contributed by atoms with Crippen molar-refractivity contribution in [2.45, 2.75) is 13.3 Å². The second kappa shape index (κ2) is 6.53. The van der Waals surface area contributed by atoms with Gasteiger partial charge >= 0.3 is 0 Å². The molecule has 0 aromatic rings. The number of hydrogen-bond donors (Lipinski definition) is 2. The molecule has 0 aliphatic heterocycles. The molecular formula is C8H19NO5S2. The molecule has 0 saturated carbocycles. The Labute approximate surface area is 97.0 Å². The van der Waals surface area contributed by atoms with Crippen molar-refractivity contribution in [1.29, 1.82) is 0 Å². The molecule has 1 unspecified atom stereocenters. The highest BCUT2D eigenvalue weighted by atomic mass is 32.2. The van der Waals surface area contributed by atoms with Gasteiger partial charge in [-0.05, 0) is 12.3 Å². The number of rotatable bonds is 8. The molecule has 0 spiro atoms. The van der Waals surface area contributed by atoms with E-state index < -0.39 is 19.9 Å². The zero-order valence-electron chi connectivity index (χ0n) is 9.51. The lowest BCUT2D eigenvalue weighted by molar-refractivity contribution is 0.238. The molecule has 0 amide bonds. The first-order chi connectivity index (χ1) is 7.16. The van der Waals surface area contributed by atoms with Crippen LogP contribution in [0.15, 0.2) is 0 Å². The second-order valence-electron chi connectivity index (χ2n) is 3.94. The van der Waals surface area contributed by atoms with Crippen LogP contribution in [0.4, 0.5) is 0 Å². The number of aliphatic hydroxyl groups excluding tert-OH is 1. The third-order valence-corrected chi connectivity index (χ3v) is 4.35. The quantitative estimate of drug-likeness (QED) is 0.589. The van der Waals surface area contributed by atoms with E-state index >= 15 is 0 Å². The van der Waals surface area contributed by atoms with Crippen molar-refractivity contribution in [3.05, 3.63) is 0 Å². The molecule has 1 atom stereocenters. The molecule has 0 radical (unpaired) electrons. The van der Waals surface area contributed by atoms with Crippen LogP contribution < -0.4 is 4.72 Å². The van der Waals surface area contributed by atoms with Crippen LogP contribution in [0.1, 0.15) is 13.3 Å². The number of aliphatic hydroxyl groups is 1. The summed E-state index contributed by atoms with van der Waals surface area (Å²) in [6.07, 6.45) is 1.16. The van der Waals surface area contributed by atoms with Crippen molar-refractivity contribution in [3.63, 3.8) is 0 Å². The van der Waals surface area contributed by atoms with Crippen LogP contribution in [0.3, 0.4) is 0 Å². The van der Waals surface area contributed by atoms with Crippen molar-refractivity contribution in [2.24, 2.45) is 5.92 Å². The summed E-state index contributed by atoms with van der Waals surface area (Å²) >= 11 is 0. The Morgan fingerprint density at radius 3 is 2.19 bits per heavy atom. The van der Waals surface area contributed by atoms with E-state index in [0.717, 1.165) is 6.26 Å². The van der Waals surface area contributed by atoms with Crippen LogP contribution in [0.5, 0.6) is 0 Å². The van der Waals surface area contributed by atoms with Gasteiger partial charge < -0.3 is 5.11 Å². The van der Waals surface area contributed by atoms with E-state index in [9.17, 15) is 16.8 Å². The molecule has 16 heavy (non-hydrogen) atoms. The highest BCUT2D eigenvalue weighted by Gasteiger charge is 2.13. The molecular weight excluding hydrogens is 254 g/mol.